The normalized spacial score (nSPS) is 12.4. The summed E-state index contributed by atoms with van der Waals surface area (Å²) in [7, 11) is 0. The first-order valence-electron chi connectivity index (χ1n) is 4.86. The minimum atomic E-state index is -0.750. The van der Waals surface area contributed by atoms with Gasteiger partial charge in [0, 0.05) is 6.42 Å². The van der Waals surface area contributed by atoms with Crippen LogP contribution < -0.4 is 4.74 Å². The molecule has 78 valence electrons. The predicted octanol–water partition coefficient (Wildman–Crippen LogP) is 2.28. The molecule has 1 atom stereocenters. The van der Waals surface area contributed by atoms with E-state index in [1.54, 1.807) is 12.1 Å². The van der Waals surface area contributed by atoms with Crippen molar-refractivity contribution in [2.24, 2.45) is 0 Å². The van der Waals surface area contributed by atoms with E-state index >= 15 is 0 Å². The van der Waals surface area contributed by atoms with Crippen molar-refractivity contribution in [1.29, 1.82) is 0 Å². The number of phenolic OH excluding ortho intramolecular Hbond substituents is 1. The topological polar surface area (TPSA) is 49.7 Å². The smallest absolute Gasteiger partial charge is 0.197 e. The third-order valence-corrected chi connectivity index (χ3v) is 1.91. The van der Waals surface area contributed by atoms with Crippen LogP contribution in [0, 0.1) is 0 Å². The number of hydrogen-bond donors (Lipinski definition) is 2. The van der Waals surface area contributed by atoms with E-state index in [9.17, 15) is 5.11 Å². The second-order valence-electron chi connectivity index (χ2n) is 3.21. The Kier molecular flexibility index (Phi) is 4.26. The highest BCUT2D eigenvalue weighted by atomic mass is 16.6. The van der Waals surface area contributed by atoms with Crippen LogP contribution in [0.1, 0.15) is 26.2 Å². The fraction of sp³-hybridized carbons (Fsp3) is 0.455. The highest BCUT2D eigenvalue weighted by Gasteiger charge is 2.04. The Morgan fingerprint density at radius 2 is 1.93 bits per heavy atom. The molecule has 2 N–H and O–H groups in total. The summed E-state index contributed by atoms with van der Waals surface area (Å²) >= 11 is 0. The molecule has 0 saturated heterocycles. The van der Waals surface area contributed by atoms with Crippen molar-refractivity contribution in [3.05, 3.63) is 24.3 Å². The molecule has 0 heterocycles. The summed E-state index contributed by atoms with van der Waals surface area (Å²) in [6, 6.07) is 6.32. The monoisotopic (exact) mass is 196 g/mol. The average molecular weight is 196 g/mol. The molecule has 1 rings (SSSR count). The van der Waals surface area contributed by atoms with Gasteiger partial charge in [0.05, 0.1) is 0 Å². The fourth-order valence-corrected chi connectivity index (χ4v) is 1.12. The lowest BCUT2D eigenvalue weighted by molar-refractivity contribution is -0.0243. The van der Waals surface area contributed by atoms with E-state index in [2.05, 4.69) is 6.92 Å². The van der Waals surface area contributed by atoms with Crippen molar-refractivity contribution >= 4 is 0 Å². The quantitative estimate of drug-likeness (QED) is 0.710. The van der Waals surface area contributed by atoms with Gasteiger partial charge in [0.2, 0.25) is 0 Å². The van der Waals surface area contributed by atoms with Gasteiger partial charge in [-0.3, -0.25) is 0 Å². The second kappa shape index (κ2) is 5.50. The Bertz CT molecular complexity index is 256. The van der Waals surface area contributed by atoms with Crippen LogP contribution in [-0.2, 0) is 0 Å². The minimum Gasteiger partial charge on any atom is -0.508 e. The minimum absolute atomic E-state index is 0.195. The molecule has 0 aromatic heterocycles. The van der Waals surface area contributed by atoms with Crippen molar-refractivity contribution in [1.82, 2.24) is 0 Å². The van der Waals surface area contributed by atoms with Crippen LogP contribution in [0.4, 0.5) is 0 Å². The van der Waals surface area contributed by atoms with Crippen LogP contribution in [0.5, 0.6) is 11.5 Å². The van der Waals surface area contributed by atoms with Crippen LogP contribution >= 0.6 is 0 Å². The number of hydrogen-bond acceptors (Lipinski definition) is 3. The van der Waals surface area contributed by atoms with E-state index in [1.807, 2.05) is 0 Å². The van der Waals surface area contributed by atoms with E-state index in [1.165, 1.54) is 12.1 Å². The highest BCUT2D eigenvalue weighted by Crippen LogP contribution is 2.17. The number of ether oxygens (including phenoxy) is 1. The van der Waals surface area contributed by atoms with Gasteiger partial charge in [0.25, 0.3) is 0 Å². The number of rotatable bonds is 5. The van der Waals surface area contributed by atoms with E-state index in [0.29, 0.717) is 12.2 Å². The maximum Gasteiger partial charge on any atom is 0.197 e. The summed E-state index contributed by atoms with van der Waals surface area (Å²) in [6.45, 7) is 2.06. The molecular weight excluding hydrogens is 180 g/mol. The van der Waals surface area contributed by atoms with Crippen molar-refractivity contribution in [2.75, 3.05) is 0 Å². The molecule has 14 heavy (non-hydrogen) atoms. The maximum atomic E-state index is 9.42. The van der Waals surface area contributed by atoms with Gasteiger partial charge in [-0.15, -0.1) is 0 Å². The summed E-state index contributed by atoms with van der Waals surface area (Å²) in [6.07, 6.45) is 1.87. The molecule has 0 aliphatic rings. The lowest BCUT2D eigenvalue weighted by Gasteiger charge is -2.12. The molecule has 1 aromatic carbocycles. The molecule has 0 bridgehead atoms. The van der Waals surface area contributed by atoms with Crippen LogP contribution in [0.15, 0.2) is 24.3 Å². The number of benzene rings is 1. The van der Waals surface area contributed by atoms with Crippen LogP contribution in [-0.4, -0.2) is 16.5 Å². The third kappa shape index (κ3) is 3.66. The Hall–Kier alpha value is -1.22. The van der Waals surface area contributed by atoms with E-state index < -0.39 is 6.29 Å². The van der Waals surface area contributed by atoms with Crippen molar-refractivity contribution < 1.29 is 14.9 Å². The predicted molar refractivity (Wildman–Crippen MR) is 54.3 cm³/mol. The number of aliphatic hydroxyl groups is 1. The Morgan fingerprint density at radius 3 is 2.50 bits per heavy atom. The molecule has 3 heteroatoms. The standard InChI is InChI=1S/C11H16O3/c1-2-3-4-11(13)14-10-7-5-9(12)6-8-10/h5-8,11-13H,2-4H2,1H3. The summed E-state index contributed by atoms with van der Waals surface area (Å²) in [5.74, 6) is 0.770. The Morgan fingerprint density at radius 1 is 1.29 bits per heavy atom. The number of unbranched alkanes of at least 4 members (excludes halogenated alkanes) is 1. The van der Waals surface area contributed by atoms with E-state index in [-0.39, 0.29) is 5.75 Å². The first-order valence-corrected chi connectivity index (χ1v) is 4.86. The second-order valence-corrected chi connectivity index (χ2v) is 3.21. The van der Waals surface area contributed by atoms with Gasteiger partial charge in [-0.1, -0.05) is 13.3 Å². The Labute approximate surface area is 84.0 Å². The fourth-order valence-electron chi connectivity index (χ4n) is 1.12. The average Bonchev–Trinajstić information content (AvgIpc) is 2.18. The summed E-state index contributed by atoms with van der Waals surface area (Å²) in [4.78, 5) is 0. The molecule has 0 fully saturated rings. The molecule has 1 aromatic rings. The summed E-state index contributed by atoms with van der Waals surface area (Å²) < 4.78 is 5.22. The molecule has 0 radical (unpaired) electrons. The SMILES string of the molecule is CCCCC(O)Oc1ccc(O)cc1. The maximum absolute atomic E-state index is 9.42. The van der Waals surface area contributed by atoms with Crippen LogP contribution in [0.25, 0.3) is 0 Å². The first kappa shape index (κ1) is 10.9. The largest absolute Gasteiger partial charge is 0.508 e. The highest BCUT2D eigenvalue weighted by molar-refractivity contribution is 5.30. The molecule has 0 saturated carbocycles. The molecular formula is C11H16O3. The van der Waals surface area contributed by atoms with Crippen LogP contribution in [0.3, 0.4) is 0 Å². The van der Waals surface area contributed by atoms with Gasteiger partial charge in [0.1, 0.15) is 11.5 Å². The molecule has 3 nitrogen and oxygen atoms in total. The van der Waals surface area contributed by atoms with Gasteiger partial charge in [-0.25, -0.2) is 0 Å². The molecule has 0 aliphatic heterocycles. The molecule has 0 amide bonds. The first-order chi connectivity index (χ1) is 6.72. The lowest BCUT2D eigenvalue weighted by Crippen LogP contribution is -2.14. The summed E-state index contributed by atoms with van der Waals surface area (Å²) in [5.41, 5.74) is 0. The van der Waals surface area contributed by atoms with Gasteiger partial charge in [0.15, 0.2) is 6.29 Å². The number of phenols is 1. The summed E-state index contributed by atoms with van der Waals surface area (Å²) in [5, 5.41) is 18.4. The Balaban J connectivity index is 2.39. The van der Waals surface area contributed by atoms with Crippen molar-refractivity contribution in [3.8, 4) is 11.5 Å². The van der Waals surface area contributed by atoms with E-state index in [4.69, 9.17) is 9.84 Å². The van der Waals surface area contributed by atoms with Crippen molar-refractivity contribution in [2.45, 2.75) is 32.5 Å². The third-order valence-electron chi connectivity index (χ3n) is 1.91. The number of aromatic hydroxyl groups is 1. The lowest BCUT2D eigenvalue weighted by atomic mass is 10.2. The van der Waals surface area contributed by atoms with Gasteiger partial charge in [-0.05, 0) is 30.7 Å². The zero-order valence-corrected chi connectivity index (χ0v) is 8.31. The van der Waals surface area contributed by atoms with Gasteiger partial charge >= 0.3 is 0 Å². The molecule has 1 unspecified atom stereocenters. The zero-order valence-electron chi connectivity index (χ0n) is 8.31. The molecule has 0 spiro atoms. The van der Waals surface area contributed by atoms with Gasteiger partial charge < -0.3 is 14.9 Å². The molecule has 0 aliphatic carbocycles. The van der Waals surface area contributed by atoms with Crippen molar-refractivity contribution in [3.63, 3.8) is 0 Å². The zero-order chi connectivity index (χ0) is 10.4. The van der Waals surface area contributed by atoms with E-state index in [0.717, 1.165) is 12.8 Å². The number of aliphatic hydroxyl groups excluding tert-OH is 1. The van der Waals surface area contributed by atoms with Crippen LogP contribution in [0.2, 0.25) is 0 Å². The van der Waals surface area contributed by atoms with Gasteiger partial charge in [-0.2, -0.15) is 0 Å².